The monoisotopic (exact) mass is 377 g/mol. The third-order valence-corrected chi connectivity index (χ3v) is 3.64. The second-order valence-electron chi connectivity index (χ2n) is 4.53. The van der Waals surface area contributed by atoms with Crippen LogP contribution in [0, 0.1) is 10.1 Å². The molecule has 0 unspecified atom stereocenters. The number of benzene rings is 1. The molecule has 1 fully saturated rings. The number of nitro benzene ring substituents is 1. The SMILES string of the molecule is Cl.Cl.O=[N+]([O-])c1ccc(Cl)c([C@@H](C(F)F)N2CCNCC2)c1. The van der Waals surface area contributed by atoms with Crippen molar-refractivity contribution in [2.45, 2.75) is 12.5 Å². The van der Waals surface area contributed by atoms with Gasteiger partial charge in [0.25, 0.3) is 12.1 Å². The predicted molar refractivity (Wildman–Crippen MR) is 85.8 cm³/mol. The number of alkyl halides is 2. The maximum absolute atomic E-state index is 13.4. The summed E-state index contributed by atoms with van der Waals surface area (Å²) in [6.07, 6.45) is -2.66. The smallest absolute Gasteiger partial charge is 0.269 e. The quantitative estimate of drug-likeness (QED) is 0.645. The molecule has 1 aliphatic heterocycles. The van der Waals surface area contributed by atoms with Gasteiger partial charge in [-0.3, -0.25) is 15.0 Å². The molecule has 126 valence electrons. The van der Waals surface area contributed by atoms with Crippen molar-refractivity contribution in [2.24, 2.45) is 0 Å². The summed E-state index contributed by atoms with van der Waals surface area (Å²) in [7, 11) is 0. The number of rotatable bonds is 4. The maximum Gasteiger partial charge on any atom is 0.269 e. The summed E-state index contributed by atoms with van der Waals surface area (Å²) in [6.45, 7) is 2.12. The second kappa shape index (κ2) is 9.42. The highest BCUT2D eigenvalue weighted by Crippen LogP contribution is 2.34. The van der Waals surface area contributed by atoms with Crippen molar-refractivity contribution in [2.75, 3.05) is 26.2 Å². The highest BCUT2D eigenvalue weighted by Gasteiger charge is 2.32. The standard InChI is InChI=1S/C12H14ClF2N3O2.2ClH/c13-10-2-1-8(18(19)20)7-9(10)11(12(14)15)17-5-3-16-4-6-17;;/h1-2,7,11-12,16H,3-6H2;2*1H/t11-;;/m0../s1. The number of nitrogens with zero attached hydrogens (tertiary/aromatic N) is 2. The van der Waals surface area contributed by atoms with E-state index >= 15 is 0 Å². The number of hydrogen-bond acceptors (Lipinski definition) is 4. The van der Waals surface area contributed by atoms with Gasteiger partial charge in [0.2, 0.25) is 0 Å². The molecule has 0 amide bonds. The number of nitro groups is 1. The molecule has 0 spiro atoms. The molecule has 1 saturated heterocycles. The Morgan fingerprint density at radius 3 is 2.36 bits per heavy atom. The molecule has 1 aromatic carbocycles. The van der Waals surface area contributed by atoms with Crippen LogP contribution in [-0.4, -0.2) is 42.4 Å². The van der Waals surface area contributed by atoms with Crippen molar-refractivity contribution >= 4 is 42.1 Å². The van der Waals surface area contributed by atoms with Gasteiger partial charge in [0.05, 0.1) is 11.0 Å². The molecule has 1 atom stereocenters. The van der Waals surface area contributed by atoms with Gasteiger partial charge in [-0.25, -0.2) is 8.78 Å². The van der Waals surface area contributed by atoms with Crippen LogP contribution in [0.3, 0.4) is 0 Å². The van der Waals surface area contributed by atoms with Crippen molar-refractivity contribution < 1.29 is 13.7 Å². The van der Waals surface area contributed by atoms with Crippen LogP contribution in [-0.2, 0) is 0 Å². The van der Waals surface area contributed by atoms with Gasteiger partial charge < -0.3 is 5.32 Å². The summed E-state index contributed by atoms with van der Waals surface area (Å²) < 4.78 is 26.8. The summed E-state index contributed by atoms with van der Waals surface area (Å²) in [4.78, 5) is 11.8. The first-order valence-corrected chi connectivity index (χ1v) is 6.55. The number of halogens is 5. The lowest BCUT2D eigenvalue weighted by molar-refractivity contribution is -0.385. The van der Waals surface area contributed by atoms with Crippen molar-refractivity contribution in [3.05, 3.63) is 38.9 Å². The minimum Gasteiger partial charge on any atom is -0.314 e. The Labute approximate surface area is 144 Å². The fourth-order valence-corrected chi connectivity index (χ4v) is 2.55. The minimum absolute atomic E-state index is 0. The van der Waals surface area contributed by atoms with Crippen molar-refractivity contribution in [3.63, 3.8) is 0 Å². The first-order valence-electron chi connectivity index (χ1n) is 6.17. The Kier molecular flexibility index (Phi) is 9.11. The van der Waals surface area contributed by atoms with E-state index in [1.165, 1.54) is 12.1 Å². The second-order valence-corrected chi connectivity index (χ2v) is 4.94. The van der Waals surface area contributed by atoms with Gasteiger partial charge in [0.15, 0.2) is 0 Å². The van der Waals surface area contributed by atoms with E-state index in [9.17, 15) is 18.9 Å². The van der Waals surface area contributed by atoms with Crippen LogP contribution in [0.15, 0.2) is 18.2 Å². The molecule has 2 rings (SSSR count). The normalized spacial score (nSPS) is 16.5. The van der Waals surface area contributed by atoms with Gasteiger partial charge in [-0.1, -0.05) is 11.6 Å². The van der Waals surface area contributed by atoms with Crippen LogP contribution in [0.1, 0.15) is 11.6 Å². The van der Waals surface area contributed by atoms with Crippen LogP contribution in [0.4, 0.5) is 14.5 Å². The lowest BCUT2D eigenvalue weighted by Crippen LogP contribution is -2.47. The molecule has 22 heavy (non-hydrogen) atoms. The molecule has 1 heterocycles. The van der Waals surface area contributed by atoms with E-state index in [1.54, 1.807) is 4.90 Å². The van der Waals surface area contributed by atoms with E-state index in [0.717, 1.165) is 6.07 Å². The van der Waals surface area contributed by atoms with E-state index in [0.29, 0.717) is 26.2 Å². The molecular weight excluding hydrogens is 363 g/mol. The fraction of sp³-hybridized carbons (Fsp3) is 0.500. The highest BCUT2D eigenvalue weighted by molar-refractivity contribution is 6.31. The van der Waals surface area contributed by atoms with Crippen LogP contribution < -0.4 is 5.32 Å². The van der Waals surface area contributed by atoms with Gasteiger partial charge in [-0.2, -0.15) is 0 Å². The first kappa shape index (κ1) is 21.3. The Hall–Kier alpha value is -0.730. The van der Waals surface area contributed by atoms with Crippen LogP contribution in [0.25, 0.3) is 0 Å². The van der Waals surface area contributed by atoms with Gasteiger partial charge >= 0.3 is 0 Å². The average Bonchev–Trinajstić information content (AvgIpc) is 2.41. The molecule has 1 aromatic rings. The predicted octanol–water partition coefficient (Wildman–Crippen LogP) is 3.30. The van der Waals surface area contributed by atoms with Crippen molar-refractivity contribution in [1.29, 1.82) is 0 Å². The maximum atomic E-state index is 13.4. The molecule has 0 saturated carbocycles. The van der Waals surface area contributed by atoms with Gasteiger partial charge in [-0.05, 0) is 6.07 Å². The van der Waals surface area contributed by atoms with Gasteiger partial charge in [0.1, 0.15) is 0 Å². The third-order valence-electron chi connectivity index (χ3n) is 3.29. The largest absolute Gasteiger partial charge is 0.314 e. The topological polar surface area (TPSA) is 58.4 Å². The van der Waals surface area contributed by atoms with Crippen LogP contribution in [0.2, 0.25) is 5.02 Å². The summed E-state index contributed by atoms with van der Waals surface area (Å²) in [5.41, 5.74) is -0.122. The zero-order chi connectivity index (χ0) is 14.7. The van der Waals surface area contributed by atoms with Crippen LogP contribution >= 0.6 is 36.4 Å². The minimum atomic E-state index is -2.66. The van der Waals surface area contributed by atoms with Crippen molar-refractivity contribution in [3.8, 4) is 0 Å². The summed E-state index contributed by atoms with van der Waals surface area (Å²) in [6, 6.07) is 2.43. The molecule has 0 radical (unpaired) electrons. The molecule has 0 bridgehead atoms. The molecular formula is C12H16Cl3F2N3O2. The fourth-order valence-electron chi connectivity index (χ4n) is 2.32. The van der Waals surface area contributed by atoms with E-state index in [1.807, 2.05) is 0 Å². The lowest BCUT2D eigenvalue weighted by atomic mass is 10.0. The third kappa shape index (κ3) is 4.89. The van der Waals surface area contributed by atoms with Gasteiger partial charge in [0, 0.05) is 48.9 Å². The molecule has 5 nitrogen and oxygen atoms in total. The Balaban J connectivity index is 0.00000220. The molecule has 1 aliphatic rings. The number of non-ortho nitro benzene ring substituents is 1. The summed E-state index contributed by atoms with van der Waals surface area (Å²) >= 11 is 5.96. The zero-order valence-corrected chi connectivity index (χ0v) is 13.8. The molecule has 10 heteroatoms. The zero-order valence-electron chi connectivity index (χ0n) is 11.4. The first-order chi connectivity index (χ1) is 9.50. The van der Waals surface area contributed by atoms with Gasteiger partial charge in [-0.15, -0.1) is 24.8 Å². The molecule has 0 aliphatic carbocycles. The molecule has 0 aromatic heterocycles. The summed E-state index contributed by atoms with van der Waals surface area (Å²) in [5.74, 6) is 0. The Bertz CT molecular complexity index is 503. The highest BCUT2D eigenvalue weighted by atomic mass is 35.5. The number of hydrogen-bond donors (Lipinski definition) is 1. The molecule has 1 N–H and O–H groups in total. The van der Waals surface area contributed by atoms with Crippen LogP contribution in [0.5, 0.6) is 0 Å². The van der Waals surface area contributed by atoms with Crippen molar-refractivity contribution in [1.82, 2.24) is 10.2 Å². The summed E-state index contributed by atoms with van der Waals surface area (Å²) in [5, 5.41) is 14.0. The lowest BCUT2D eigenvalue weighted by Gasteiger charge is -2.34. The number of piperazine rings is 1. The Morgan fingerprint density at radius 2 is 1.86 bits per heavy atom. The number of nitrogens with one attached hydrogen (secondary N) is 1. The van der Waals surface area contributed by atoms with E-state index < -0.39 is 17.4 Å². The average molecular weight is 379 g/mol. The van der Waals surface area contributed by atoms with E-state index in [-0.39, 0.29) is 41.1 Å². The van der Waals surface area contributed by atoms with E-state index in [2.05, 4.69) is 5.32 Å². The Morgan fingerprint density at radius 1 is 1.27 bits per heavy atom. The van der Waals surface area contributed by atoms with E-state index in [4.69, 9.17) is 11.6 Å².